The number of carbonyl (C=O) groups is 1. The third-order valence-corrected chi connectivity index (χ3v) is 4.51. The van der Waals surface area contributed by atoms with Gasteiger partial charge in [0.1, 0.15) is 17.5 Å². The van der Waals surface area contributed by atoms with Crippen molar-refractivity contribution in [2.75, 3.05) is 5.32 Å². The smallest absolute Gasteiger partial charge is 0.413 e. The van der Waals surface area contributed by atoms with E-state index in [-0.39, 0.29) is 11.4 Å². The zero-order chi connectivity index (χ0) is 21.2. The van der Waals surface area contributed by atoms with Crippen LogP contribution in [-0.2, 0) is 4.74 Å². The van der Waals surface area contributed by atoms with Crippen molar-refractivity contribution in [1.82, 2.24) is 9.78 Å². The number of hydrogen-bond donors (Lipinski definition) is 1. The maximum Gasteiger partial charge on any atom is 0.413 e. The van der Waals surface area contributed by atoms with Crippen LogP contribution in [0, 0.1) is 20.7 Å². The average Bonchev–Trinajstić information content (AvgIpc) is 3.04. The molecule has 0 spiro atoms. The molecule has 0 aliphatic heterocycles. The van der Waals surface area contributed by atoms with Crippen molar-refractivity contribution in [3.05, 3.63) is 63.5 Å². The van der Waals surface area contributed by atoms with Crippen LogP contribution < -0.4 is 5.32 Å². The highest BCUT2D eigenvalue weighted by Gasteiger charge is 2.19. The summed E-state index contributed by atoms with van der Waals surface area (Å²) in [4.78, 5) is 12.1. The molecule has 0 aliphatic rings. The quantitative estimate of drug-likeness (QED) is 0.478. The van der Waals surface area contributed by atoms with Crippen LogP contribution in [0.25, 0.3) is 16.9 Å². The number of halogens is 2. The molecule has 3 aromatic rings. The Labute approximate surface area is 181 Å². The monoisotopic (exact) mass is 504 g/mol. The van der Waals surface area contributed by atoms with Gasteiger partial charge in [-0.2, -0.15) is 5.26 Å². The molecule has 0 saturated carbocycles. The lowest BCUT2D eigenvalue weighted by Gasteiger charge is -2.19. The van der Waals surface area contributed by atoms with Crippen molar-refractivity contribution in [3.8, 4) is 23.0 Å². The van der Waals surface area contributed by atoms with E-state index in [1.54, 1.807) is 37.6 Å². The van der Waals surface area contributed by atoms with E-state index in [2.05, 4.69) is 33.0 Å². The Hall–Kier alpha value is -2.93. The van der Waals surface area contributed by atoms with Crippen molar-refractivity contribution in [2.24, 2.45) is 0 Å². The normalized spacial score (nSPS) is 11.0. The Bertz CT molecular complexity index is 1100. The fourth-order valence-electron chi connectivity index (χ4n) is 2.60. The number of hydrogen-bond acceptors (Lipinski definition) is 4. The molecule has 1 heterocycles. The van der Waals surface area contributed by atoms with Crippen molar-refractivity contribution in [2.45, 2.75) is 26.4 Å². The molecule has 2 aromatic carbocycles. The molecule has 0 bridgehead atoms. The Morgan fingerprint density at radius 1 is 1.21 bits per heavy atom. The standard InChI is InChI=1S/C21H18FIN4O2/c1-21(2,3)29-20(28)25-19-11-18(13-4-5-14(12-24)17(22)10-13)27(26-19)16-8-6-15(23)7-9-16/h4-11H,1-3H3,(H,25,26,28). The third kappa shape index (κ3) is 5.12. The molecule has 148 valence electrons. The average molecular weight is 504 g/mol. The third-order valence-electron chi connectivity index (χ3n) is 3.79. The molecule has 1 N–H and O–H groups in total. The molecule has 0 atom stereocenters. The van der Waals surface area contributed by atoms with Gasteiger partial charge in [0, 0.05) is 15.2 Å². The molecule has 1 aromatic heterocycles. The Morgan fingerprint density at radius 3 is 2.48 bits per heavy atom. The van der Waals surface area contributed by atoms with E-state index in [0.29, 0.717) is 11.3 Å². The van der Waals surface area contributed by atoms with Crippen molar-refractivity contribution in [3.63, 3.8) is 0 Å². The first kappa shape index (κ1) is 20.8. The molecule has 0 saturated heterocycles. The number of rotatable bonds is 3. The molecule has 0 unspecified atom stereocenters. The van der Waals surface area contributed by atoms with E-state index >= 15 is 0 Å². The molecule has 29 heavy (non-hydrogen) atoms. The number of nitrogens with zero attached hydrogens (tertiary/aromatic N) is 3. The van der Waals surface area contributed by atoms with Crippen molar-refractivity contribution < 1.29 is 13.9 Å². The molecule has 6 nitrogen and oxygen atoms in total. The minimum Gasteiger partial charge on any atom is -0.444 e. The zero-order valence-electron chi connectivity index (χ0n) is 16.0. The summed E-state index contributed by atoms with van der Waals surface area (Å²) < 4.78 is 22.1. The van der Waals surface area contributed by atoms with Crippen LogP contribution in [0.1, 0.15) is 26.3 Å². The molecule has 0 aliphatic carbocycles. The van der Waals surface area contributed by atoms with Gasteiger partial charge in [-0.25, -0.2) is 13.9 Å². The fraction of sp³-hybridized carbons (Fsp3) is 0.190. The zero-order valence-corrected chi connectivity index (χ0v) is 18.2. The number of amides is 1. The minimum absolute atomic E-state index is 0.0406. The maximum atomic E-state index is 14.2. The number of carbonyl (C=O) groups excluding carboxylic acids is 1. The van der Waals surface area contributed by atoms with Gasteiger partial charge in [-0.15, -0.1) is 5.10 Å². The van der Waals surface area contributed by atoms with Gasteiger partial charge in [-0.3, -0.25) is 5.32 Å². The Morgan fingerprint density at radius 2 is 1.90 bits per heavy atom. The predicted octanol–water partition coefficient (Wildman–Crippen LogP) is 5.50. The lowest BCUT2D eigenvalue weighted by molar-refractivity contribution is 0.0635. The van der Waals surface area contributed by atoms with Crippen LogP contribution in [-0.4, -0.2) is 21.5 Å². The van der Waals surface area contributed by atoms with Gasteiger partial charge < -0.3 is 4.74 Å². The summed E-state index contributed by atoms with van der Waals surface area (Å²) in [5, 5.41) is 16.0. The number of nitriles is 1. The van der Waals surface area contributed by atoms with Crippen molar-refractivity contribution in [1.29, 1.82) is 5.26 Å². The molecule has 1 amide bonds. The highest BCUT2D eigenvalue weighted by atomic mass is 127. The summed E-state index contributed by atoms with van der Waals surface area (Å²) in [5.74, 6) is -0.362. The van der Waals surface area contributed by atoms with Crippen LogP contribution in [0.15, 0.2) is 48.5 Å². The maximum absolute atomic E-state index is 14.2. The summed E-state index contributed by atoms with van der Waals surface area (Å²) >= 11 is 2.20. The predicted molar refractivity (Wildman–Crippen MR) is 116 cm³/mol. The summed E-state index contributed by atoms with van der Waals surface area (Å²) in [6.07, 6.45) is -0.637. The van der Waals surface area contributed by atoms with E-state index in [1.165, 1.54) is 12.1 Å². The number of aromatic nitrogens is 2. The molecular weight excluding hydrogens is 486 g/mol. The lowest BCUT2D eigenvalue weighted by Crippen LogP contribution is -2.27. The topological polar surface area (TPSA) is 79.9 Å². The van der Waals surface area contributed by atoms with Crippen LogP contribution in [0.2, 0.25) is 0 Å². The highest BCUT2D eigenvalue weighted by Crippen LogP contribution is 2.28. The number of nitrogens with one attached hydrogen (secondary N) is 1. The summed E-state index contributed by atoms with van der Waals surface area (Å²) in [6, 6.07) is 15.3. The number of ether oxygens (including phenoxy) is 1. The van der Waals surface area contributed by atoms with Gasteiger partial charge in [-0.05, 0) is 79.8 Å². The van der Waals surface area contributed by atoms with Crippen molar-refractivity contribution >= 4 is 34.5 Å². The van der Waals surface area contributed by atoms with E-state index in [1.807, 2.05) is 30.3 Å². The first-order valence-electron chi connectivity index (χ1n) is 8.72. The summed E-state index contributed by atoms with van der Waals surface area (Å²) in [6.45, 7) is 5.30. The molecule has 8 heteroatoms. The largest absolute Gasteiger partial charge is 0.444 e. The van der Waals surface area contributed by atoms with Gasteiger partial charge >= 0.3 is 6.09 Å². The van der Waals surface area contributed by atoms with Gasteiger partial charge in [0.15, 0.2) is 5.82 Å². The van der Waals surface area contributed by atoms with Crippen LogP contribution >= 0.6 is 22.6 Å². The van der Waals surface area contributed by atoms with Crippen LogP contribution in [0.3, 0.4) is 0 Å². The second kappa shape index (κ2) is 8.21. The fourth-order valence-corrected chi connectivity index (χ4v) is 2.96. The summed E-state index contributed by atoms with van der Waals surface area (Å²) in [5.41, 5.74) is 1.12. The first-order valence-corrected chi connectivity index (χ1v) is 9.80. The SMILES string of the molecule is CC(C)(C)OC(=O)Nc1cc(-c2ccc(C#N)c(F)c2)n(-c2ccc(I)cc2)n1. The summed E-state index contributed by atoms with van der Waals surface area (Å²) in [7, 11) is 0. The second-order valence-corrected chi connectivity index (χ2v) is 8.48. The van der Waals surface area contributed by atoms with E-state index in [4.69, 9.17) is 10.00 Å². The van der Waals surface area contributed by atoms with E-state index < -0.39 is 17.5 Å². The number of anilines is 1. The first-order chi connectivity index (χ1) is 13.7. The van der Waals surface area contributed by atoms with E-state index in [0.717, 1.165) is 9.26 Å². The van der Waals surface area contributed by atoms with Crippen LogP contribution in [0.4, 0.5) is 15.0 Å². The Balaban J connectivity index is 2.04. The van der Waals surface area contributed by atoms with Gasteiger partial charge in [0.25, 0.3) is 0 Å². The molecule has 3 rings (SSSR count). The Kier molecular flexibility index (Phi) is 5.88. The minimum atomic E-state index is -0.651. The van der Waals surface area contributed by atoms with Crippen LogP contribution in [0.5, 0.6) is 0 Å². The molecular formula is C21H18FIN4O2. The second-order valence-electron chi connectivity index (χ2n) is 7.24. The van der Waals surface area contributed by atoms with Gasteiger partial charge in [0.2, 0.25) is 0 Å². The van der Waals surface area contributed by atoms with Gasteiger partial charge in [0.05, 0.1) is 16.9 Å². The number of benzene rings is 2. The van der Waals surface area contributed by atoms with E-state index in [9.17, 15) is 9.18 Å². The molecule has 0 fully saturated rings. The van der Waals surface area contributed by atoms with Gasteiger partial charge in [-0.1, -0.05) is 6.07 Å². The lowest BCUT2D eigenvalue weighted by atomic mass is 10.1. The highest BCUT2D eigenvalue weighted by molar-refractivity contribution is 14.1. The molecule has 0 radical (unpaired) electrons.